The van der Waals surface area contributed by atoms with E-state index in [2.05, 4.69) is 5.32 Å². The van der Waals surface area contributed by atoms with E-state index in [1.807, 2.05) is 11.8 Å². The van der Waals surface area contributed by atoms with Gasteiger partial charge < -0.3 is 19.9 Å². The standard InChI is InChI=1S/C24H37N3O4/c1-2-31-23(30)26-8-5-19(6-9-26)25-21(28)20-4-3-7-27(20)22(29)24-13-16-10-17(14-24)12-18(11-16)15-24/h16-20H,2-15H2,1H3,(H,25,28). The van der Waals surface area contributed by atoms with Crippen LogP contribution in [0.25, 0.3) is 0 Å². The van der Waals surface area contributed by atoms with E-state index in [0.717, 1.165) is 69.2 Å². The third kappa shape index (κ3) is 3.93. The fraction of sp³-hybridized carbons (Fsp3) is 0.875. The second-order valence-corrected chi connectivity index (χ2v) is 10.8. The van der Waals surface area contributed by atoms with Gasteiger partial charge >= 0.3 is 6.09 Å². The lowest BCUT2D eigenvalue weighted by atomic mass is 9.49. The van der Waals surface area contributed by atoms with Crippen molar-refractivity contribution in [3.05, 3.63) is 0 Å². The number of hydrogen-bond donors (Lipinski definition) is 1. The second-order valence-electron chi connectivity index (χ2n) is 10.8. The third-order valence-electron chi connectivity index (χ3n) is 8.68. The number of likely N-dealkylation sites (tertiary alicyclic amines) is 2. The molecule has 1 atom stereocenters. The topological polar surface area (TPSA) is 79.0 Å². The molecule has 1 N–H and O–H groups in total. The average molecular weight is 432 g/mol. The molecule has 4 bridgehead atoms. The minimum atomic E-state index is -0.316. The molecule has 1 unspecified atom stereocenters. The van der Waals surface area contributed by atoms with Crippen LogP contribution in [0.2, 0.25) is 0 Å². The molecule has 0 aromatic rings. The van der Waals surface area contributed by atoms with Crippen molar-refractivity contribution in [3.63, 3.8) is 0 Å². The highest BCUT2D eigenvalue weighted by molar-refractivity contribution is 5.91. The van der Waals surface area contributed by atoms with Crippen molar-refractivity contribution in [2.75, 3.05) is 26.2 Å². The maximum Gasteiger partial charge on any atom is 0.409 e. The smallest absolute Gasteiger partial charge is 0.409 e. The van der Waals surface area contributed by atoms with E-state index in [1.54, 1.807) is 4.90 Å². The molecule has 4 saturated carbocycles. The highest BCUT2D eigenvalue weighted by Gasteiger charge is 2.56. The Morgan fingerprint density at radius 1 is 0.935 bits per heavy atom. The van der Waals surface area contributed by atoms with Crippen LogP contribution < -0.4 is 5.32 Å². The molecule has 4 aliphatic carbocycles. The molecule has 0 radical (unpaired) electrons. The number of amides is 3. The van der Waals surface area contributed by atoms with Crippen LogP contribution in [0.15, 0.2) is 0 Å². The molecule has 3 amide bonds. The van der Waals surface area contributed by atoms with Crippen molar-refractivity contribution in [2.24, 2.45) is 23.2 Å². The molecule has 2 saturated heterocycles. The lowest BCUT2D eigenvalue weighted by Gasteiger charge is -2.56. The van der Waals surface area contributed by atoms with E-state index >= 15 is 0 Å². The van der Waals surface area contributed by atoms with Crippen LogP contribution >= 0.6 is 0 Å². The lowest BCUT2D eigenvalue weighted by molar-refractivity contribution is -0.160. The summed E-state index contributed by atoms with van der Waals surface area (Å²) < 4.78 is 5.08. The Hall–Kier alpha value is -1.79. The zero-order chi connectivity index (χ0) is 21.6. The molecule has 7 nitrogen and oxygen atoms in total. The molecule has 31 heavy (non-hydrogen) atoms. The first kappa shape index (κ1) is 21.1. The summed E-state index contributed by atoms with van der Waals surface area (Å²) in [4.78, 5) is 42.5. The molecule has 2 aliphatic heterocycles. The first-order valence-corrected chi connectivity index (χ1v) is 12.5. The summed E-state index contributed by atoms with van der Waals surface area (Å²) in [5.41, 5.74) is -0.178. The van der Waals surface area contributed by atoms with Crippen LogP contribution in [0.1, 0.15) is 71.1 Å². The molecule has 0 aromatic heterocycles. The third-order valence-corrected chi connectivity index (χ3v) is 8.68. The van der Waals surface area contributed by atoms with Crippen LogP contribution in [-0.4, -0.2) is 66.0 Å². The van der Waals surface area contributed by atoms with Gasteiger partial charge in [-0.15, -0.1) is 0 Å². The zero-order valence-electron chi connectivity index (χ0n) is 18.8. The molecular weight excluding hydrogens is 394 g/mol. The van der Waals surface area contributed by atoms with Crippen LogP contribution in [0.4, 0.5) is 4.79 Å². The van der Waals surface area contributed by atoms with Gasteiger partial charge in [-0.05, 0) is 88.9 Å². The predicted octanol–water partition coefficient (Wildman–Crippen LogP) is 2.93. The predicted molar refractivity (Wildman–Crippen MR) is 115 cm³/mol. The Morgan fingerprint density at radius 3 is 2.13 bits per heavy atom. The summed E-state index contributed by atoms with van der Waals surface area (Å²) in [5.74, 6) is 2.48. The van der Waals surface area contributed by atoms with Gasteiger partial charge in [0.2, 0.25) is 11.8 Å². The molecule has 7 heteroatoms. The normalized spacial score (nSPS) is 37.2. The van der Waals surface area contributed by atoms with Crippen molar-refractivity contribution >= 4 is 17.9 Å². The van der Waals surface area contributed by atoms with Gasteiger partial charge in [-0.3, -0.25) is 9.59 Å². The SMILES string of the molecule is CCOC(=O)N1CCC(NC(=O)C2CCCN2C(=O)C23CC4CC(CC(C4)C2)C3)CC1. The lowest BCUT2D eigenvalue weighted by Crippen LogP contribution is -2.58. The highest BCUT2D eigenvalue weighted by atomic mass is 16.6. The van der Waals surface area contributed by atoms with Gasteiger partial charge in [-0.25, -0.2) is 4.79 Å². The van der Waals surface area contributed by atoms with Crippen molar-refractivity contribution in [2.45, 2.75) is 83.2 Å². The molecule has 2 heterocycles. The molecule has 0 aromatic carbocycles. The quantitative estimate of drug-likeness (QED) is 0.742. The number of hydrogen-bond acceptors (Lipinski definition) is 4. The Kier molecular flexibility index (Phi) is 5.63. The number of nitrogens with zero attached hydrogens (tertiary/aromatic N) is 2. The summed E-state index contributed by atoms with van der Waals surface area (Å²) in [5, 5.41) is 3.20. The fourth-order valence-corrected chi connectivity index (χ4v) is 7.68. The molecular formula is C24H37N3O4. The highest BCUT2D eigenvalue weighted by Crippen LogP contribution is 2.60. The second kappa shape index (κ2) is 8.28. The van der Waals surface area contributed by atoms with Crippen molar-refractivity contribution in [1.82, 2.24) is 15.1 Å². The van der Waals surface area contributed by atoms with Crippen LogP contribution in [-0.2, 0) is 14.3 Å². The Bertz CT molecular complexity index is 695. The largest absolute Gasteiger partial charge is 0.450 e. The van der Waals surface area contributed by atoms with Crippen molar-refractivity contribution in [3.8, 4) is 0 Å². The monoisotopic (exact) mass is 431 g/mol. The molecule has 6 rings (SSSR count). The van der Waals surface area contributed by atoms with E-state index < -0.39 is 0 Å². The Balaban J connectivity index is 1.19. The van der Waals surface area contributed by atoms with E-state index in [9.17, 15) is 14.4 Å². The van der Waals surface area contributed by atoms with E-state index in [-0.39, 0.29) is 35.4 Å². The maximum absolute atomic E-state index is 13.8. The molecule has 172 valence electrons. The van der Waals surface area contributed by atoms with Crippen LogP contribution in [0, 0.1) is 23.2 Å². The van der Waals surface area contributed by atoms with Gasteiger partial charge in [-0.1, -0.05) is 0 Å². The number of nitrogens with one attached hydrogen (secondary N) is 1. The van der Waals surface area contributed by atoms with Crippen LogP contribution in [0.5, 0.6) is 0 Å². The minimum Gasteiger partial charge on any atom is -0.450 e. The van der Waals surface area contributed by atoms with Crippen LogP contribution in [0.3, 0.4) is 0 Å². The maximum atomic E-state index is 13.8. The van der Waals surface area contributed by atoms with Gasteiger partial charge in [0.25, 0.3) is 0 Å². The van der Waals surface area contributed by atoms with E-state index in [4.69, 9.17) is 4.74 Å². The Morgan fingerprint density at radius 2 is 1.55 bits per heavy atom. The summed E-state index contributed by atoms with van der Waals surface area (Å²) in [6, 6.07) is -0.251. The zero-order valence-corrected chi connectivity index (χ0v) is 18.8. The summed E-state index contributed by atoms with van der Waals surface area (Å²) in [6.45, 7) is 4.11. The van der Waals surface area contributed by atoms with Crippen molar-refractivity contribution in [1.29, 1.82) is 0 Å². The number of rotatable bonds is 4. The molecule has 6 aliphatic rings. The van der Waals surface area contributed by atoms with Gasteiger partial charge in [-0.2, -0.15) is 0 Å². The van der Waals surface area contributed by atoms with Gasteiger partial charge in [0.1, 0.15) is 6.04 Å². The number of piperidine rings is 1. The first-order valence-electron chi connectivity index (χ1n) is 12.5. The number of carbonyl (C=O) groups excluding carboxylic acids is 3. The minimum absolute atomic E-state index is 0.00478. The summed E-state index contributed by atoms with van der Waals surface area (Å²) in [7, 11) is 0. The van der Waals surface area contributed by atoms with Gasteiger partial charge in [0.05, 0.1) is 12.0 Å². The van der Waals surface area contributed by atoms with Crippen molar-refractivity contribution < 1.29 is 19.1 Å². The number of carbonyl (C=O) groups is 3. The fourth-order valence-electron chi connectivity index (χ4n) is 7.68. The summed E-state index contributed by atoms with van der Waals surface area (Å²) in [6.07, 6.45) is 10.0. The average Bonchev–Trinajstić information content (AvgIpc) is 3.23. The van der Waals surface area contributed by atoms with E-state index in [0.29, 0.717) is 19.7 Å². The summed E-state index contributed by atoms with van der Waals surface area (Å²) >= 11 is 0. The molecule has 0 spiro atoms. The van der Waals surface area contributed by atoms with Gasteiger partial charge in [0.15, 0.2) is 0 Å². The molecule has 6 fully saturated rings. The van der Waals surface area contributed by atoms with Gasteiger partial charge in [0, 0.05) is 25.7 Å². The van der Waals surface area contributed by atoms with E-state index in [1.165, 1.54) is 19.3 Å². The number of ether oxygens (including phenoxy) is 1. The first-order chi connectivity index (χ1) is 15.0. The Labute approximate surface area is 185 Å².